The number of rotatable bonds is 4. The lowest BCUT2D eigenvalue weighted by Gasteiger charge is -2.35. The number of nitrogens with zero attached hydrogens (tertiary/aromatic N) is 2. The molecule has 2 aromatic carbocycles. The molecule has 13 heteroatoms. The summed E-state index contributed by atoms with van der Waals surface area (Å²) in [7, 11) is 0. The molecule has 2 fully saturated rings. The van der Waals surface area contributed by atoms with E-state index in [9.17, 15) is 33.1 Å². The summed E-state index contributed by atoms with van der Waals surface area (Å²) in [6.07, 6.45) is 1.09. The summed E-state index contributed by atoms with van der Waals surface area (Å²) in [5.74, 6) is -4.67. The third-order valence-electron chi connectivity index (χ3n) is 9.64. The molecule has 1 saturated carbocycles. The van der Waals surface area contributed by atoms with Crippen LogP contribution in [0.5, 0.6) is 0 Å². The molecule has 2 heterocycles. The molecular weight excluding hydrogens is 638 g/mol. The van der Waals surface area contributed by atoms with Crippen molar-refractivity contribution in [2.75, 3.05) is 13.2 Å². The summed E-state index contributed by atoms with van der Waals surface area (Å²) in [6, 6.07) is 11.4. The van der Waals surface area contributed by atoms with Crippen LogP contribution in [0, 0.1) is 11.3 Å². The molecule has 4 aliphatic rings. The lowest BCUT2D eigenvalue weighted by Crippen LogP contribution is -2.59. The van der Waals surface area contributed by atoms with E-state index in [2.05, 4.69) is 21.9 Å². The summed E-state index contributed by atoms with van der Waals surface area (Å²) in [6.45, 7) is 5.23. The molecule has 0 spiro atoms. The summed E-state index contributed by atoms with van der Waals surface area (Å²) < 4.78 is 32.5. The fraction of sp³-hybridized carbons (Fsp3) is 0.472. The van der Waals surface area contributed by atoms with E-state index in [1.165, 1.54) is 4.90 Å². The molecular formula is C36H40F2N4O7. The first-order valence-corrected chi connectivity index (χ1v) is 16.5. The largest absolute Gasteiger partial charge is 0.479 e. The van der Waals surface area contributed by atoms with Crippen molar-refractivity contribution in [2.24, 2.45) is 16.5 Å². The van der Waals surface area contributed by atoms with Crippen LogP contribution in [0.4, 0.5) is 13.6 Å². The number of fused-ring (bicyclic) bond motifs is 6. The van der Waals surface area contributed by atoms with Crippen molar-refractivity contribution in [1.29, 1.82) is 0 Å². The van der Waals surface area contributed by atoms with E-state index in [-0.39, 0.29) is 19.6 Å². The van der Waals surface area contributed by atoms with Gasteiger partial charge in [0.2, 0.25) is 18.2 Å². The molecule has 0 unspecified atom stereocenters. The van der Waals surface area contributed by atoms with Crippen LogP contribution in [0.2, 0.25) is 0 Å². The van der Waals surface area contributed by atoms with E-state index in [0.717, 1.165) is 40.7 Å². The number of nitrogens with one attached hydrogen (secondary N) is 2. The molecule has 2 aliphatic heterocycles. The minimum Gasteiger partial charge on any atom is -0.479 e. The van der Waals surface area contributed by atoms with E-state index in [1.807, 2.05) is 48.5 Å². The quantitative estimate of drug-likeness (QED) is 0.353. The van der Waals surface area contributed by atoms with Crippen LogP contribution in [0.1, 0.15) is 69.6 Å². The Balaban J connectivity index is 1.36. The zero-order chi connectivity index (χ0) is 35.1. The van der Waals surface area contributed by atoms with Gasteiger partial charge in [0.05, 0.1) is 19.1 Å². The number of carbonyl (C=O) groups excluding carboxylic acids is 3. The van der Waals surface area contributed by atoms with Crippen LogP contribution in [0.3, 0.4) is 0 Å². The number of hydrogen-bond donors (Lipinski definition) is 3. The predicted octanol–water partition coefficient (Wildman–Crippen LogP) is 4.97. The number of cyclic esters (lactones) is 1. The Hall–Kier alpha value is -4.81. The second-order valence-corrected chi connectivity index (χ2v) is 14.1. The zero-order valence-electron chi connectivity index (χ0n) is 27.6. The number of allylic oxidation sites excluding steroid dienone is 1. The zero-order valence-corrected chi connectivity index (χ0v) is 27.6. The van der Waals surface area contributed by atoms with Gasteiger partial charge in [-0.15, -0.1) is 0 Å². The lowest BCUT2D eigenvalue weighted by atomic mass is 9.85. The number of alkyl halides is 2. The number of carboxylic acid groups (broad SMARTS) is 1. The highest BCUT2D eigenvalue weighted by Gasteiger charge is 2.66. The Kier molecular flexibility index (Phi) is 9.21. The average molecular weight is 679 g/mol. The number of halogens is 2. The number of benzene rings is 2. The molecule has 4 bridgehead atoms. The summed E-state index contributed by atoms with van der Waals surface area (Å²) in [4.78, 5) is 60.2. The first-order valence-electron chi connectivity index (χ1n) is 16.5. The molecule has 11 nitrogen and oxygen atoms in total. The lowest BCUT2D eigenvalue weighted by molar-refractivity contribution is -0.147. The normalized spacial score (nSPS) is 28.7. The van der Waals surface area contributed by atoms with Gasteiger partial charge in [-0.1, -0.05) is 74.5 Å². The highest BCUT2D eigenvalue weighted by Crippen LogP contribution is 2.48. The van der Waals surface area contributed by atoms with Gasteiger partial charge in [0.15, 0.2) is 0 Å². The Morgan fingerprint density at radius 1 is 1.08 bits per heavy atom. The SMILES string of the molecule is CC(C)(C)[C@@H]1NC(=O)OCCCC/C=C/c2ccc3c(c2)/C(=N\O[C@@H]2C[C@@H](C(=O)N[C@@]4(C(=O)O)C[C@H]4C(F)F)N(C2)C1=O)c1ccccc1-3. The minimum atomic E-state index is -2.96. The van der Waals surface area contributed by atoms with Gasteiger partial charge in [0.1, 0.15) is 29.4 Å². The monoisotopic (exact) mass is 678 g/mol. The van der Waals surface area contributed by atoms with Crippen molar-refractivity contribution in [1.82, 2.24) is 15.5 Å². The molecule has 49 heavy (non-hydrogen) atoms. The van der Waals surface area contributed by atoms with Gasteiger partial charge >= 0.3 is 12.1 Å². The summed E-state index contributed by atoms with van der Waals surface area (Å²) in [5.41, 5.74) is 2.24. The minimum absolute atomic E-state index is 0.0952. The van der Waals surface area contributed by atoms with E-state index < -0.39 is 71.8 Å². The summed E-state index contributed by atoms with van der Waals surface area (Å²) >= 11 is 0. The van der Waals surface area contributed by atoms with Gasteiger partial charge in [0, 0.05) is 17.5 Å². The molecule has 0 aromatic heterocycles. The number of hydrogen-bond acceptors (Lipinski definition) is 7. The maximum atomic E-state index is 14.2. The van der Waals surface area contributed by atoms with Gasteiger partial charge in [-0.2, -0.15) is 0 Å². The second kappa shape index (κ2) is 13.2. The highest BCUT2D eigenvalue weighted by atomic mass is 19.3. The fourth-order valence-corrected chi connectivity index (χ4v) is 6.82. The number of oxime groups is 1. The van der Waals surface area contributed by atoms with Crippen molar-refractivity contribution in [2.45, 2.75) is 83.0 Å². The number of aliphatic carboxylic acids is 1. The van der Waals surface area contributed by atoms with Crippen LogP contribution in [-0.4, -0.2) is 82.9 Å². The molecule has 3 amide bonds. The van der Waals surface area contributed by atoms with Crippen LogP contribution < -0.4 is 10.6 Å². The molecule has 2 aliphatic carbocycles. The third kappa shape index (κ3) is 6.75. The number of carbonyl (C=O) groups is 4. The van der Waals surface area contributed by atoms with Crippen molar-refractivity contribution in [3.63, 3.8) is 0 Å². The van der Waals surface area contributed by atoms with E-state index in [1.54, 1.807) is 20.8 Å². The first-order chi connectivity index (χ1) is 23.3. The van der Waals surface area contributed by atoms with Crippen molar-refractivity contribution < 1.29 is 42.6 Å². The van der Waals surface area contributed by atoms with Gasteiger partial charge in [-0.05, 0) is 53.9 Å². The van der Waals surface area contributed by atoms with E-state index in [4.69, 9.17) is 9.57 Å². The van der Waals surface area contributed by atoms with Crippen LogP contribution >= 0.6 is 0 Å². The predicted molar refractivity (Wildman–Crippen MR) is 176 cm³/mol. The molecule has 6 rings (SSSR count). The number of ether oxygens (including phenoxy) is 1. The second-order valence-electron chi connectivity index (χ2n) is 14.1. The number of carboxylic acids is 1. The topological polar surface area (TPSA) is 147 Å². The Bertz CT molecular complexity index is 1720. The maximum absolute atomic E-state index is 14.2. The third-order valence-corrected chi connectivity index (χ3v) is 9.64. The first kappa shape index (κ1) is 34.1. The Morgan fingerprint density at radius 2 is 1.82 bits per heavy atom. The van der Waals surface area contributed by atoms with Crippen LogP contribution in [0.25, 0.3) is 17.2 Å². The van der Waals surface area contributed by atoms with Gasteiger partial charge in [0.25, 0.3) is 0 Å². The molecule has 260 valence electrons. The number of alkyl carbamates (subject to hydrolysis) is 1. The standard InChI is InChI=1S/C36H40F2N4O7/c1-35(2,3)29-32(44)42-19-21(17-27(42)31(43)40-36(33(45)46)18-26(36)30(37)38)49-41-28-24-12-8-7-11-22(24)23-14-13-20(16-25(23)28)10-6-4-5-9-15-48-34(47)39-29/h6-8,10-14,16,21,26-27,29-30H,4-5,9,15,17-19H2,1-3H3,(H,39,47)(H,40,43)(H,45,46)/b10-6+,41-28-/t21-,26+,27+,29-,36+/m1/s1. The smallest absolute Gasteiger partial charge is 0.407 e. The van der Waals surface area contributed by atoms with Gasteiger partial charge in [-0.3, -0.25) is 9.59 Å². The Morgan fingerprint density at radius 3 is 2.51 bits per heavy atom. The van der Waals surface area contributed by atoms with Crippen LogP contribution in [-0.2, 0) is 24.0 Å². The fourth-order valence-electron chi connectivity index (χ4n) is 6.82. The van der Waals surface area contributed by atoms with Gasteiger partial charge in [-0.25, -0.2) is 18.4 Å². The van der Waals surface area contributed by atoms with E-state index >= 15 is 0 Å². The molecule has 1 saturated heterocycles. The highest BCUT2D eigenvalue weighted by molar-refractivity contribution is 6.24. The summed E-state index contributed by atoms with van der Waals surface area (Å²) in [5, 5.41) is 19.3. The Labute approximate surface area is 282 Å². The molecule has 3 N–H and O–H groups in total. The maximum Gasteiger partial charge on any atom is 0.407 e. The van der Waals surface area contributed by atoms with Crippen molar-refractivity contribution in [3.05, 3.63) is 65.2 Å². The van der Waals surface area contributed by atoms with E-state index in [0.29, 0.717) is 12.1 Å². The van der Waals surface area contributed by atoms with Gasteiger partial charge < -0.3 is 30.2 Å². The molecule has 5 atom stereocenters. The number of amides is 3. The van der Waals surface area contributed by atoms with Crippen molar-refractivity contribution >= 4 is 35.7 Å². The van der Waals surface area contributed by atoms with Crippen LogP contribution in [0.15, 0.2) is 53.7 Å². The van der Waals surface area contributed by atoms with Crippen molar-refractivity contribution in [3.8, 4) is 11.1 Å². The average Bonchev–Trinajstić information content (AvgIpc) is 3.50. The molecule has 0 radical (unpaired) electrons. The molecule has 2 aromatic rings.